The molecule has 1 saturated heterocycles. The van der Waals surface area contributed by atoms with Crippen molar-refractivity contribution in [2.24, 2.45) is 11.3 Å². The molecule has 2 aliphatic rings. The van der Waals surface area contributed by atoms with Crippen LogP contribution in [0.25, 0.3) is 0 Å². The van der Waals surface area contributed by atoms with Gasteiger partial charge in [-0.25, -0.2) is 9.18 Å². The van der Waals surface area contributed by atoms with E-state index in [-0.39, 0.29) is 24.3 Å². The number of nitrogens with zero attached hydrogens (tertiary/aromatic N) is 2. The largest absolute Gasteiger partial charge is 0.493 e. The van der Waals surface area contributed by atoms with E-state index in [4.69, 9.17) is 14.7 Å². The van der Waals surface area contributed by atoms with Gasteiger partial charge in [0.15, 0.2) is 0 Å². The summed E-state index contributed by atoms with van der Waals surface area (Å²) < 4.78 is 25.1. The molecule has 32 heavy (non-hydrogen) atoms. The van der Waals surface area contributed by atoms with E-state index in [9.17, 15) is 14.0 Å². The van der Waals surface area contributed by atoms with Crippen molar-refractivity contribution in [3.05, 3.63) is 29.6 Å². The van der Waals surface area contributed by atoms with Crippen molar-refractivity contribution >= 4 is 12.0 Å². The molecular formula is C24H32FN3O4. The molecule has 2 fully saturated rings. The highest BCUT2D eigenvalue weighted by Crippen LogP contribution is 2.54. The number of rotatable bonds is 8. The highest BCUT2D eigenvalue weighted by molar-refractivity contribution is 5.94. The monoisotopic (exact) mass is 445 g/mol. The van der Waals surface area contributed by atoms with Crippen LogP contribution in [0, 0.1) is 28.5 Å². The van der Waals surface area contributed by atoms with Crippen LogP contribution in [0.4, 0.5) is 9.18 Å². The van der Waals surface area contributed by atoms with Gasteiger partial charge in [-0.15, -0.1) is 0 Å². The first-order chi connectivity index (χ1) is 15.3. The Bertz CT molecular complexity index is 851. The topological polar surface area (TPSA) is 91.7 Å². The van der Waals surface area contributed by atoms with E-state index in [0.29, 0.717) is 23.7 Å². The lowest BCUT2D eigenvalue weighted by Crippen LogP contribution is -2.49. The first-order valence-corrected chi connectivity index (χ1v) is 11.3. The molecule has 1 saturated carbocycles. The molecule has 0 radical (unpaired) electrons. The van der Waals surface area contributed by atoms with Crippen LogP contribution in [0.5, 0.6) is 5.75 Å². The Kier molecular flexibility index (Phi) is 7.94. The van der Waals surface area contributed by atoms with Gasteiger partial charge in [-0.3, -0.25) is 4.79 Å². The molecule has 1 heterocycles. The average molecular weight is 446 g/mol. The Labute approximate surface area is 188 Å². The van der Waals surface area contributed by atoms with Crippen LogP contribution >= 0.6 is 0 Å². The van der Waals surface area contributed by atoms with Crippen molar-refractivity contribution < 1.29 is 23.5 Å². The van der Waals surface area contributed by atoms with Crippen molar-refractivity contribution in [2.45, 2.75) is 58.5 Å². The Hall–Kier alpha value is -2.82. The fourth-order valence-corrected chi connectivity index (χ4v) is 4.76. The van der Waals surface area contributed by atoms with E-state index in [0.717, 1.165) is 38.8 Å². The minimum atomic E-state index is -0.664. The van der Waals surface area contributed by atoms with E-state index >= 15 is 0 Å². The number of carbonyl (C=O) groups is 2. The molecule has 2 amide bonds. The van der Waals surface area contributed by atoms with E-state index in [1.54, 1.807) is 12.1 Å². The van der Waals surface area contributed by atoms with Crippen LogP contribution in [0.1, 0.15) is 62.7 Å². The summed E-state index contributed by atoms with van der Waals surface area (Å²) in [6.45, 7) is 5.62. The number of amides is 2. The summed E-state index contributed by atoms with van der Waals surface area (Å²) in [6.07, 6.45) is 6.15. The van der Waals surface area contributed by atoms with Gasteiger partial charge in [-0.2, -0.15) is 5.26 Å². The Balaban J connectivity index is 1.33. The van der Waals surface area contributed by atoms with Gasteiger partial charge in [0.25, 0.3) is 5.91 Å². The van der Waals surface area contributed by atoms with Crippen molar-refractivity contribution in [1.82, 2.24) is 10.2 Å². The normalized spacial score (nSPS) is 17.5. The van der Waals surface area contributed by atoms with Gasteiger partial charge in [-0.1, -0.05) is 0 Å². The third kappa shape index (κ3) is 6.12. The van der Waals surface area contributed by atoms with Gasteiger partial charge < -0.3 is 19.7 Å². The highest BCUT2D eigenvalue weighted by Gasteiger charge is 2.46. The zero-order valence-corrected chi connectivity index (χ0v) is 18.9. The highest BCUT2D eigenvalue weighted by atomic mass is 19.1. The van der Waals surface area contributed by atoms with E-state index in [2.05, 4.69) is 5.32 Å². The van der Waals surface area contributed by atoms with Crippen molar-refractivity contribution in [3.8, 4) is 11.8 Å². The van der Waals surface area contributed by atoms with Crippen LogP contribution < -0.4 is 10.1 Å². The number of carbonyl (C=O) groups excluding carboxylic acids is 2. The molecule has 0 atom stereocenters. The minimum absolute atomic E-state index is 0.0861. The second-order valence-electron chi connectivity index (χ2n) is 9.17. The summed E-state index contributed by atoms with van der Waals surface area (Å²) in [5.74, 6) is -0.208. The molecule has 7 nitrogen and oxygen atoms in total. The fraction of sp³-hybridized carbons (Fsp3) is 0.625. The number of hydrogen-bond donors (Lipinski definition) is 1. The maximum atomic E-state index is 14.1. The van der Waals surface area contributed by atoms with Gasteiger partial charge in [0.1, 0.15) is 18.1 Å². The lowest BCUT2D eigenvalue weighted by Gasteiger charge is -2.52. The summed E-state index contributed by atoms with van der Waals surface area (Å²) in [5.41, 5.74) is 0.279. The predicted octanol–water partition coefficient (Wildman–Crippen LogP) is 4.28. The number of likely N-dealkylation sites (tertiary alicyclic amines) is 1. The molecule has 3 rings (SSSR count). The Morgan fingerprint density at radius 3 is 2.66 bits per heavy atom. The smallest absolute Gasteiger partial charge is 0.410 e. The molecule has 1 aromatic carbocycles. The number of nitriles is 1. The van der Waals surface area contributed by atoms with Gasteiger partial charge in [-0.05, 0) is 75.8 Å². The first kappa shape index (κ1) is 23.8. The van der Waals surface area contributed by atoms with Crippen molar-refractivity contribution in [2.75, 3.05) is 26.2 Å². The fourth-order valence-electron chi connectivity index (χ4n) is 4.76. The number of halogens is 1. The van der Waals surface area contributed by atoms with Gasteiger partial charge in [0.05, 0.1) is 24.3 Å². The molecular weight excluding hydrogens is 413 g/mol. The number of ether oxygens (including phenoxy) is 2. The van der Waals surface area contributed by atoms with E-state index in [1.165, 1.54) is 25.0 Å². The maximum Gasteiger partial charge on any atom is 0.410 e. The lowest BCUT2D eigenvalue weighted by molar-refractivity contribution is -0.0203. The van der Waals surface area contributed by atoms with Crippen LogP contribution in [0.3, 0.4) is 0 Å². The molecule has 174 valence electrons. The summed E-state index contributed by atoms with van der Waals surface area (Å²) in [7, 11) is 0. The predicted molar refractivity (Wildman–Crippen MR) is 117 cm³/mol. The van der Waals surface area contributed by atoms with Crippen LogP contribution in [0.15, 0.2) is 18.2 Å². The Morgan fingerprint density at radius 1 is 1.31 bits per heavy atom. The van der Waals surface area contributed by atoms with Crippen molar-refractivity contribution in [1.29, 1.82) is 5.26 Å². The van der Waals surface area contributed by atoms with Crippen LogP contribution in [-0.4, -0.2) is 49.2 Å². The molecule has 8 heteroatoms. The number of hydrogen-bond acceptors (Lipinski definition) is 5. The summed E-state index contributed by atoms with van der Waals surface area (Å²) in [4.78, 5) is 25.6. The second-order valence-corrected chi connectivity index (χ2v) is 9.17. The van der Waals surface area contributed by atoms with Crippen LogP contribution in [0.2, 0.25) is 0 Å². The van der Waals surface area contributed by atoms with Crippen LogP contribution in [-0.2, 0) is 4.74 Å². The molecule has 0 aromatic heterocycles. The quantitative estimate of drug-likeness (QED) is 0.476. The zero-order chi connectivity index (χ0) is 23.1. The SMILES string of the molecule is CC(C)OC(=O)N1CCC2(CC1)CC(CCCOc1ccc(C(=O)NCC#N)c(F)c1)C2. The Morgan fingerprint density at radius 2 is 2.03 bits per heavy atom. The molecule has 0 unspecified atom stereocenters. The molecule has 1 spiro atoms. The summed E-state index contributed by atoms with van der Waals surface area (Å²) in [6, 6.07) is 5.93. The molecule has 0 bridgehead atoms. The van der Waals surface area contributed by atoms with Crippen molar-refractivity contribution in [3.63, 3.8) is 0 Å². The summed E-state index contributed by atoms with van der Waals surface area (Å²) in [5, 5.41) is 10.8. The van der Waals surface area contributed by atoms with Gasteiger partial charge >= 0.3 is 6.09 Å². The third-order valence-corrected chi connectivity index (χ3v) is 6.40. The standard InChI is InChI=1S/C24H32FN3O4/c1-17(2)32-23(30)28-11-7-24(8-12-28)15-18(16-24)4-3-13-31-19-5-6-20(21(25)14-19)22(29)27-10-9-26/h5-6,14,17-18H,3-4,7-8,10-13,15-16H2,1-2H3,(H,27,29). The third-order valence-electron chi connectivity index (χ3n) is 6.40. The van der Waals surface area contributed by atoms with E-state index in [1.807, 2.05) is 18.7 Å². The van der Waals surface area contributed by atoms with Gasteiger partial charge in [0, 0.05) is 19.2 Å². The van der Waals surface area contributed by atoms with E-state index < -0.39 is 11.7 Å². The molecule has 1 N–H and O–H groups in total. The number of benzene rings is 1. The number of piperidine rings is 1. The maximum absolute atomic E-state index is 14.1. The lowest BCUT2D eigenvalue weighted by atomic mass is 9.56. The summed E-state index contributed by atoms with van der Waals surface area (Å²) >= 11 is 0. The molecule has 1 aliphatic carbocycles. The average Bonchev–Trinajstić information content (AvgIpc) is 2.73. The number of nitrogens with one attached hydrogen (secondary N) is 1. The first-order valence-electron chi connectivity index (χ1n) is 11.3. The minimum Gasteiger partial charge on any atom is -0.493 e. The second kappa shape index (κ2) is 10.7. The zero-order valence-electron chi connectivity index (χ0n) is 18.9. The molecule has 1 aliphatic heterocycles. The van der Waals surface area contributed by atoms with Gasteiger partial charge in [0.2, 0.25) is 0 Å². The molecule has 1 aromatic rings.